The maximum absolute atomic E-state index is 12.6. The van der Waals surface area contributed by atoms with Crippen LogP contribution in [-0.2, 0) is 18.2 Å². The van der Waals surface area contributed by atoms with Gasteiger partial charge in [-0.05, 0) is 37.7 Å². The van der Waals surface area contributed by atoms with Gasteiger partial charge >= 0.3 is 0 Å². The molecule has 2 aliphatic heterocycles. The van der Waals surface area contributed by atoms with Crippen LogP contribution in [0.1, 0.15) is 48.8 Å². The minimum Gasteiger partial charge on any atom is -0.375 e. The highest BCUT2D eigenvalue weighted by Crippen LogP contribution is 2.37. The van der Waals surface area contributed by atoms with Crippen molar-refractivity contribution in [1.29, 1.82) is 0 Å². The van der Waals surface area contributed by atoms with Crippen LogP contribution < -0.4 is 5.32 Å². The van der Waals surface area contributed by atoms with E-state index in [1.807, 2.05) is 13.1 Å². The highest BCUT2D eigenvalue weighted by atomic mass is 16.5. The van der Waals surface area contributed by atoms with E-state index >= 15 is 0 Å². The molecule has 2 saturated heterocycles. The van der Waals surface area contributed by atoms with Crippen LogP contribution in [0.25, 0.3) is 0 Å². The van der Waals surface area contributed by atoms with E-state index in [2.05, 4.69) is 22.2 Å². The number of hydrogen-bond donors (Lipinski definition) is 1. The van der Waals surface area contributed by atoms with Crippen molar-refractivity contribution in [3.8, 4) is 0 Å². The lowest BCUT2D eigenvalue weighted by Crippen LogP contribution is -2.47. The van der Waals surface area contributed by atoms with E-state index in [4.69, 9.17) is 4.74 Å². The molecule has 1 saturated carbocycles. The van der Waals surface area contributed by atoms with Crippen molar-refractivity contribution in [2.24, 2.45) is 13.0 Å². The summed E-state index contributed by atoms with van der Waals surface area (Å²) >= 11 is 0. The van der Waals surface area contributed by atoms with Crippen LogP contribution in [-0.4, -0.2) is 58.5 Å². The van der Waals surface area contributed by atoms with Crippen LogP contribution in [0.15, 0.2) is 6.07 Å². The topological polar surface area (TPSA) is 59.4 Å². The lowest BCUT2D eigenvalue weighted by atomic mass is 10.1. The summed E-state index contributed by atoms with van der Waals surface area (Å²) in [6.07, 6.45) is 6.01. The van der Waals surface area contributed by atoms with E-state index in [1.165, 1.54) is 12.8 Å². The molecule has 1 aromatic heterocycles. The SMILES string of the molecule is CCCc1cc(C(=O)N[C@@H]2C[C@H]3CO[C@H](C4CC4)CN3C2)n(C)n1. The Morgan fingerprint density at radius 1 is 1.42 bits per heavy atom. The van der Waals surface area contributed by atoms with Crippen LogP contribution in [0.4, 0.5) is 0 Å². The number of carbonyl (C=O) groups is 1. The second kappa shape index (κ2) is 6.48. The van der Waals surface area contributed by atoms with Crippen LogP contribution in [0.2, 0.25) is 0 Å². The number of aryl methyl sites for hydroxylation is 2. The number of carbonyl (C=O) groups excluding carboxylic acids is 1. The van der Waals surface area contributed by atoms with Gasteiger partial charge in [-0.15, -0.1) is 0 Å². The molecule has 1 amide bonds. The summed E-state index contributed by atoms with van der Waals surface area (Å²) in [6, 6.07) is 2.61. The third-order valence-electron chi connectivity index (χ3n) is 5.60. The minimum absolute atomic E-state index is 0.00291. The number of aromatic nitrogens is 2. The molecule has 4 rings (SSSR count). The van der Waals surface area contributed by atoms with E-state index in [9.17, 15) is 4.79 Å². The molecule has 0 unspecified atom stereocenters. The van der Waals surface area contributed by atoms with E-state index < -0.39 is 0 Å². The summed E-state index contributed by atoms with van der Waals surface area (Å²) in [5, 5.41) is 7.64. The molecule has 0 spiro atoms. The van der Waals surface area contributed by atoms with E-state index in [0.717, 1.165) is 50.6 Å². The molecule has 132 valence electrons. The predicted octanol–water partition coefficient (Wildman–Crippen LogP) is 1.35. The van der Waals surface area contributed by atoms with Gasteiger partial charge in [0.25, 0.3) is 5.91 Å². The van der Waals surface area contributed by atoms with Gasteiger partial charge in [0.05, 0.1) is 18.4 Å². The number of hydrogen-bond acceptors (Lipinski definition) is 4. The third kappa shape index (κ3) is 3.22. The van der Waals surface area contributed by atoms with Gasteiger partial charge < -0.3 is 10.1 Å². The maximum atomic E-state index is 12.6. The summed E-state index contributed by atoms with van der Waals surface area (Å²) in [6.45, 7) is 4.93. The zero-order valence-corrected chi connectivity index (χ0v) is 14.7. The Balaban J connectivity index is 1.35. The fraction of sp³-hybridized carbons (Fsp3) is 0.778. The first kappa shape index (κ1) is 16.1. The zero-order valence-electron chi connectivity index (χ0n) is 14.7. The largest absolute Gasteiger partial charge is 0.375 e. The first-order valence-electron chi connectivity index (χ1n) is 9.33. The third-order valence-corrected chi connectivity index (χ3v) is 5.60. The summed E-state index contributed by atoms with van der Waals surface area (Å²) in [5.41, 5.74) is 1.66. The van der Waals surface area contributed by atoms with Gasteiger partial charge in [0.15, 0.2) is 0 Å². The first-order chi connectivity index (χ1) is 11.6. The molecular formula is C18H28N4O2. The highest BCUT2D eigenvalue weighted by Gasteiger charge is 2.42. The quantitative estimate of drug-likeness (QED) is 0.884. The molecule has 6 nitrogen and oxygen atoms in total. The summed E-state index contributed by atoms with van der Waals surface area (Å²) in [5.74, 6) is 0.780. The van der Waals surface area contributed by atoms with Gasteiger partial charge in [0.2, 0.25) is 0 Å². The number of rotatable bonds is 5. The lowest BCUT2D eigenvalue weighted by molar-refractivity contribution is -0.0581. The fourth-order valence-corrected chi connectivity index (χ4v) is 4.13. The Labute approximate surface area is 143 Å². The van der Waals surface area contributed by atoms with E-state index in [0.29, 0.717) is 17.8 Å². The molecule has 0 radical (unpaired) electrons. The highest BCUT2D eigenvalue weighted by molar-refractivity contribution is 5.92. The van der Waals surface area contributed by atoms with Crippen molar-refractivity contribution in [2.45, 2.75) is 57.2 Å². The van der Waals surface area contributed by atoms with Gasteiger partial charge in [-0.2, -0.15) is 5.10 Å². The van der Waals surface area contributed by atoms with Gasteiger partial charge in [0, 0.05) is 32.2 Å². The molecule has 3 fully saturated rings. The number of ether oxygens (including phenoxy) is 1. The molecule has 0 aromatic carbocycles. The fourth-order valence-electron chi connectivity index (χ4n) is 4.13. The predicted molar refractivity (Wildman–Crippen MR) is 90.9 cm³/mol. The molecule has 1 aromatic rings. The molecular weight excluding hydrogens is 304 g/mol. The average Bonchev–Trinajstić information content (AvgIpc) is 3.22. The van der Waals surface area contributed by atoms with Crippen LogP contribution >= 0.6 is 0 Å². The molecule has 3 heterocycles. The van der Waals surface area contributed by atoms with Gasteiger partial charge in [-0.25, -0.2) is 0 Å². The normalized spacial score (nSPS) is 30.3. The number of nitrogens with one attached hydrogen (secondary N) is 1. The van der Waals surface area contributed by atoms with Crippen LogP contribution in [0.3, 0.4) is 0 Å². The van der Waals surface area contributed by atoms with Gasteiger partial charge in [0.1, 0.15) is 5.69 Å². The summed E-state index contributed by atoms with van der Waals surface area (Å²) in [7, 11) is 1.85. The van der Waals surface area contributed by atoms with Crippen LogP contribution in [0.5, 0.6) is 0 Å². The first-order valence-corrected chi connectivity index (χ1v) is 9.33. The van der Waals surface area contributed by atoms with Crippen molar-refractivity contribution in [1.82, 2.24) is 20.0 Å². The molecule has 3 aliphatic rings. The molecule has 1 N–H and O–H groups in total. The minimum atomic E-state index is -0.00291. The van der Waals surface area contributed by atoms with Crippen molar-refractivity contribution in [2.75, 3.05) is 19.7 Å². The second-order valence-electron chi connectivity index (χ2n) is 7.62. The Morgan fingerprint density at radius 2 is 2.25 bits per heavy atom. The molecule has 0 bridgehead atoms. The monoisotopic (exact) mass is 332 g/mol. The summed E-state index contributed by atoms with van der Waals surface area (Å²) in [4.78, 5) is 15.1. The van der Waals surface area contributed by atoms with Crippen LogP contribution in [0, 0.1) is 5.92 Å². The standard InChI is InChI=1S/C18H28N4O2/c1-3-4-13-8-16(21(2)20-13)18(23)19-14-7-15-11-24-17(12-5-6-12)10-22(15)9-14/h8,12,14-15,17H,3-7,9-11H2,1-2H3,(H,19,23)/t14-,15+,17+/m1/s1. The van der Waals surface area contributed by atoms with Crippen molar-refractivity contribution in [3.63, 3.8) is 0 Å². The Bertz CT molecular complexity index is 610. The van der Waals surface area contributed by atoms with E-state index in [1.54, 1.807) is 4.68 Å². The molecule has 3 atom stereocenters. The number of nitrogens with zero attached hydrogens (tertiary/aromatic N) is 3. The molecule has 24 heavy (non-hydrogen) atoms. The smallest absolute Gasteiger partial charge is 0.269 e. The van der Waals surface area contributed by atoms with Crippen molar-refractivity contribution < 1.29 is 9.53 Å². The molecule has 6 heteroatoms. The number of morpholine rings is 1. The summed E-state index contributed by atoms with van der Waals surface area (Å²) < 4.78 is 7.74. The Morgan fingerprint density at radius 3 is 3.00 bits per heavy atom. The number of amides is 1. The van der Waals surface area contributed by atoms with E-state index in [-0.39, 0.29) is 11.9 Å². The van der Waals surface area contributed by atoms with Gasteiger partial charge in [-0.3, -0.25) is 14.4 Å². The Kier molecular flexibility index (Phi) is 4.35. The van der Waals surface area contributed by atoms with Crippen molar-refractivity contribution in [3.05, 3.63) is 17.5 Å². The number of fused-ring (bicyclic) bond motifs is 1. The Hall–Kier alpha value is -1.40. The lowest BCUT2D eigenvalue weighted by Gasteiger charge is -2.35. The van der Waals surface area contributed by atoms with Crippen molar-refractivity contribution >= 4 is 5.91 Å². The van der Waals surface area contributed by atoms with Gasteiger partial charge in [-0.1, -0.05) is 13.3 Å². The second-order valence-corrected chi connectivity index (χ2v) is 7.62. The maximum Gasteiger partial charge on any atom is 0.269 e. The molecule has 1 aliphatic carbocycles. The average molecular weight is 332 g/mol. The zero-order chi connectivity index (χ0) is 16.7.